The third kappa shape index (κ3) is 4.18. The van der Waals surface area contributed by atoms with Gasteiger partial charge >= 0.3 is 5.97 Å². The Morgan fingerprint density at radius 3 is 2.57 bits per heavy atom. The highest BCUT2D eigenvalue weighted by Crippen LogP contribution is 2.32. The number of carboxylic acids is 1. The van der Waals surface area contributed by atoms with E-state index in [4.69, 9.17) is 5.11 Å². The maximum absolute atomic E-state index is 12.1. The Bertz CT molecular complexity index is 557. The van der Waals surface area contributed by atoms with E-state index in [0.717, 1.165) is 36.8 Å². The maximum atomic E-state index is 12.1. The molecule has 1 aliphatic rings. The number of carboxylic acid groups (broad SMARTS) is 1. The molecule has 1 aromatic rings. The van der Waals surface area contributed by atoms with Crippen molar-refractivity contribution >= 4 is 18.0 Å². The Balaban J connectivity index is 2.03. The maximum Gasteiger partial charge on any atom is 0.305 e. The lowest BCUT2D eigenvalue weighted by Gasteiger charge is -2.28. The van der Waals surface area contributed by atoms with Crippen molar-refractivity contribution in [2.24, 2.45) is 0 Å². The summed E-state index contributed by atoms with van der Waals surface area (Å²) in [6.45, 7) is 1.99. The molecule has 0 heterocycles. The third-order valence-corrected chi connectivity index (χ3v) is 4.04. The van der Waals surface area contributed by atoms with E-state index in [9.17, 15) is 9.59 Å². The second-order valence-electron chi connectivity index (χ2n) is 5.74. The first-order chi connectivity index (χ1) is 10.0. The normalized spacial score (nSPS) is 17.0. The van der Waals surface area contributed by atoms with Gasteiger partial charge in [0.25, 0.3) is 0 Å². The lowest BCUT2D eigenvalue weighted by molar-refractivity contribution is -0.139. The van der Waals surface area contributed by atoms with E-state index in [2.05, 4.69) is 5.32 Å². The van der Waals surface area contributed by atoms with E-state index in [-0.39, 0.29) is 12.3 Å². The molecule has 1 fully saturated rings. The van der Waals surface area contributed by atoms with Crippen LogP contribution in [0.25, 0.3) is 6.08 Å². The van der Waals surface area contributed by atoms with Crippen molar-refractivity contribution in [3.05, 3.63) is 41.5 Å². The van der Waals surface area contributed by atoms with Crippen molar-refractivity contribution in [3.63, 3.8) is 0 Å². The van der Waals surface area contributed by atoms with Gasteiger partial charge in [0.1, 0.15) is 0 Å². The molecule has 4 nitrogen and oxygen atoms in total. The largest absolute Gasteiger partial charge is 0.481 e. The molecule has 0 aliphatic heterocycles. The molecule has 1 aromatic carbocycles. The number of hydrogen-bond donors (Lipinski definition) is 2. The summed E-state index contributed by atoms with van der Waals surface area (Å²) in [5.74, 6) is -1.08. The van der Waals surface area contributed by atoms with E-state index in [1.807, 2.05) is 31.2 Å². The number of carbonyl (C=O) groups is 2. The minimum atomic E-state index is -0.861. The van der Waals surface area contributed by atoms with Gasteiger partial charge in [-0.1, -0.05) is 37.1 Å². The fourth-order valence-corrected chi connectivity index (χ4v) is 2.93. The number of hydrogen-bond acceptors (Lipinski definition) is 2. The Hall–Kier alpha value is -2.10. The zero-order valence-electron chi connectivity index (χ0n) is 12.3. The molecule has 4 heteroatoms. The zero-order valence-corrected chi connectivity index (χ0v) is 12.3. The Labute approximate surface area is 124 Å². The van der Waals surface area contributed by atoms with Gasteiger partial charge in [-0.3, -0.25) is 9.59 Å². The highest BCUT2D eigenvalue weighted by atomic mass is 16.4. The van der Waals surface area contributed by atoms with Crippen molar-refractivity contribution in [2.75, 3.05) is 0 Å². The average molecular weight is 287 g/mol. The second-order valence-corrected chi connectivity index (χ2v) is 5.74. The molecule has 0 atom stereocenters. The predicted octanol–water partition coefficient (Wildman–Crippen LogP) is 2.91. The fraction of sp³-hybridized carbons (Fsp3) is 0.412. The Morgan fingerprint density at radius 1 is 1.29 bits per heavy atom. The van der Waals surface area contributed by atoms with Gasteiger partial charge < -0.3 is 10.4 Å². The number of rotatable bonds is 5. The highest BCUT2D eigenvalue weighted by molar-refractivity contribution is 5.92. The lowest BCUT2D eigenvalue weighted by atomic mass is 9.93. The van der Waals surface area contributed by atoms with Gasteiger partial charge in [0.05, 0.1) is 12.0 Å². The summed E-state index contributed by atoms with van der Waals surface area (Å²) < 4.78 is 0. The van der Waals surface area contributed by atoms with Crippen LogP contribution >= 0.6 is 0 Å². The van der Waals surface area contributed by atoms with Crippen LogP contribution in [0.1, 0.15) is 43.2 Å². The predicted molar refractivity (Wildman–Crippen MR) is 81.8 cm³/mol. The topological polar surface area (TPSA) is 66.4 Å². The minimum absolute atomic E-state index is 0.00303. The summed E-state index contributed by atoms with van der Waals surface area (Å²) >= 11 is 0. The Kier molecular flexibility index (Phi) is 4.78. The molecular formula is C17H21NO3. The molecule has 0 spiro atoms. The molecule has 112 valence electrons. The zero-order chi connectivity index (χ0) is 15.3. The van der Waals surface area contributed by atoms with Crippen LogP contribution in [0.15, 0.2) is 30.3 Å². The smallest absolute Gasteiger partial charge is 0.305 e. The van der Waals surface area contributed by atoms with Crippen LogP contribution < -0.4 is 5.32 Å². The van der Waals surface area contributed by atoms with E-state index in [0.29, 0.717) is 0 Å². The van der Waals surface area contributed by atoms with Gasteiger partial charge in [-0.15, -0.1) is 0 Å². The number of carbonyl (C=O) groups excluding carboxylic acids is 1. The third-order valence-electron chi connectivity index (χ3n) is 4.04. The minimum Gasteiger partial charge on any atom is -0.481 e. The number of aryl methyl sites for hydroxylation is 1. The summed E-state index contributed by atoms with van der Waals surface area (Å²) in [6.07, 6.45) is 6.67. The van der Waals surface area contributed by atoms with E-state index in [1.165, 1.54) is 6.08 Å². The van der Waals surface area contributed by atoms with Crippen molar-refractivity contribution in [1.29, 1.82) is 0 Å². The SMILES string of the molecule is Cc1ccccc1C=CC(=O)NC1(CC(=O)O)CCCC1. The van der Waals surface area contributed by atoms with Crippen LogP contribution in [0, 0.1) is 6.92 Å². The van der Waals surface area contributed by atoms with Gasteiger partial charge in [0.2, 0.25) is 5.91 Å². The first kappa shape index (κ1) is 15.3. The molecule has 1 amide bonds. The van der Waals surface area contributed by atoms with Crippen LogP contribution in [0.5, 0.6) is 0 Å². The molecule has 2 N–H and O–H groups in total. The van der Waals surface area contributed by atoms with Gasteiger partial charge in [0.15, 0.2) is 0 Å². The highest BCUT2D eigenvalue weighted by Gasteiger charge is 2.36. The summed E-state index contributed by atoms with van der Waals surface area (Å²) in [5.41, 5.74) is 1.52. The van der Waals surface area contributed by atoms with Crippen LogP contribution in [-0.4, -0.2) is 22.5 Å². The number of aliphatic carboxylic acids is 1. The standard InChI is InChI=1S/C17H21NO3/c1-13-6-2-3-7-14(13)8-9-15(19)18-17(12-16(20)21)10-4-5-11-17/h2-3,6-9H,4-5,10-12H2,1H3,(H,18,19)(H,20,21). The van der Waals surface area contributed by atoms with E-state index >= 15 is 0 Å². The van der Waals surface area contributed by atoms with E-state index < -0.39 is 11.5 Å². The molecule has 0 unspecified atom stereocenters. The number of nitrogens with one attached hydrogen (secondary N) is 1. The fourth-order valence-electron chi connectivity index (χ4n) is 2.93. The first-order valence-electron chi connectivity index (χ1n) is 7.28. The van der Waals surface area contributed by atoms with Crippen LogP contribution in [-0.2, 0) is 9.59 Å². The van der Waals surface area contributed by atoms with E-state index in [1.54, 1.807) is 6.08 Å². The van der Waals surface area contributed by atoms with Gasteiger partial charge in [-0.25, -0.2) is 0 Å². The summed E-state index contributed by atoms with van der Waals surface area (Å²) in [7, 11) is 0. The summed E-state index contributed by atoms with van der Waals surface area (Å²) in [5, 5.41) is 11.9. The summed E-state index contributed by atoms with van der Waals surface area (Å²) in [4.78, 5) is 23.1. The average Bonchev–Trinajstić information content (AvgIpc) is 2.85. The van der Waals surface area contributed by atoms with Crippen molar-refractivity contribution in [2.45, 2.75) is 44.6 Å². The lowest BCUT2D eigenvalue weighted by Crippen LogP contribution is -2.47. The molecule has 2 rings (SSSR count). The van der Waals surface area contributed by atoms with Crippen molar-refractivity contribution in [3.8, 4) is 0 Å². The van der Waals surface area contributed by atoms with Crippen molar-refractivity contribution < 1.29 is 14.7 Å². The number of benzene rings is 1. The quantitative estimate of drug-likeness (QED) is 0.818. The molecule has 1 saturated carbocycles. The second kappa shape index (κ2) is 6.57. The molecule has 21 heavy (non-hydrogen) atoms. The Morgan fingerprint density at radius 2 is 1.95 bits per heavy atom. The van der Waals surface area contributed by atoms with Gasteiger partial charge in [0, 0.05) is 6.08 Å². The molecule has 0 aromatic heterocycles. The molecular weight excluding hydrogens is 266 g/mol. The molecule has 0 bridgehead atoms. The number of amides is 1. The van der Waals surface area contributed by atoms with Crippen molar-refractivity contribution in [1.82, 2.24) is 5.32 Å². The summed E-state index contributed by atoms with van der Waals surface area (Å²) in [6, 6.07) is 7.81. The van der Waals surface area contributed by atoms with Crippen LogP contribution in [0.3, 0.4) is 0 Å². The molecule has 1 aliphatic carbocycles. The van der Waals surface area contributed by atoms with Crippen LogP contribution in [0.4, 0.5) is 0 Å². The monoisotopic (exact) mass is 287 g/mol. The van der Waals surface area contributed by atoms with Crippen LogP contribution in [0.2, 0.25) is 0 Å². The molecule has 0 saturated heterocycles. The van der Waals surface area contributed by atoms with Gasteiger partial charge in [-0.05, 0) is 37.0 Å². The molecule has 0 radical (unpaired) electrons. The first-order valence-corrected chi connectivity index (χ1v) is 7.28. The van der Waals surface area contributed by atoms with Gasteiger partial charge in [-0.2, -0.15) is 0 Å².